The minimum absolute atomic E-state index is 0.122. The average molecular weight is 207 g/mol. The lowest BCUT2D eigenvalue weighted by molar-refractivity contribution is 0.0980. The Morgan fingerprint density at radius 2 is 2.00 bits per heavy atom. The Bertz CT molecular complexity index is 393. The fraction of sp³-hybridized carbons (Fsp3) is 0.500. The van der Waals surface area contributed by atoms with E-state index >= 15 is 0 Å². The van der Waals surface area contributed by atoms with Crippen LogP contribution in [0.3, 0.4) is 0 Å². The van der Waals surface area contributed by atoms with Gasteiger partial charge in [-0.2, -0.15) is 0 Å². The monoisotopic (exact) mass is 207 g/mol. The summed E-state index contributed by atoms with van der Waals surface area (Å²) < 4.78 is 0. The Hall–Kier alpha value is -1.38. The van der Waals surface area contributed by atoms with E-state index in [1.807, 2.05) is 13.8 Å². The van der Waals surface area contributed by atoms with Gasteiger partial charge in [0.2, 0.25) is 5.56 Å². The molecule has 0 atom stereocenters. The van der Waals surface area contributed by atoms with Crippen LogP contribution in [0.5, 0.6) is 0 Å². The summed E-state index contributed by atoms with van der Waals surface area (Å²) in [6.45, 7) is 4.00. The number of Topliss-reactive ketones (excluding diaryl/α,β-unsaturated/α-hetero) is 1. The molecular formula is C12H17NO2. The number of ketones is 1. The largest absolute Gasteiger partial charge is 0.325 e. The minimum atomic E-state index is -0.133. The number of aromatic amines is 1. The van der Waals surface area contributed by atoms with Gasteiger partial charge in [0, 0.05) is 23.7 Å². The number of H-pyrrole nitrogens is 1. The Balaban J connectivity index is 3.04. The first-order chi connectivity index (χ1) is 7.19. The van der Waals surface area contributed by atoms with Crippen LogP contribution >= 0.6 is 0 Å². The predicted molar refractivity (Wildman–Crippen MR) is 60.3 cm³/mol. The van der Waals surface area contributed by atoms with Crippen LogP contribution in [-0.4, -0.2) is 10.8 Å². The molecule has 3 heteroatoms. The summed E-state index contributed by atoms with van der Waals surface area (Å²) in [4.78, 5) is 25.6. The zero-order valence-corrected chi connectivity index (χ0v) is 9.30. The van der Waals surface area contributed by atoms with Crippen LogP contribution in [0.2, 0.25) is 0 Å². The fourth-order valence-corrected chi connectivity index (χ4v) is 1.59. The number of carbonyl (C=O) groups is 1. The van der Waals surface area contributed by atoms with Gasteiger partial charge in [0.1, 0.15) is 0 Å². The van der Waals surface area contributed by atoms with Crippen molar-refractivity contribution in [3.05, 3.63) is 33.7 Å². The van der Waals surface area contributed by atoms with Gasteiger partial charge in [0.05, 0.1) is 0 Å². The second kappa shape index (κ2) is 5.49. The zero-order chi connectivity index (χ0) is 11.3. The lowest BCUT2D eigenvalue weighted by atomic mass is 10.0. The topological polar surface area (TPSA) is 49.9 Å². The van der Waals surface area contributed by atoms with Gasteiger partial charge in [-0.1, -0.05) is 20.3 Å². The molecule has 15 heavy (non-hydrogen) atoms. The molecule has 0 radical (unpaired) electrons. The molecule has 1 N–H and O–H groups in total. The molecule has 0 saturated carbocycles. The summed E-state index contributed by atoms with van der Waals surface area (Å²) in [5, 5.41) is 0. The smallest absolute Gasteiger partial charge is 0.248 e. The average Bonchev–Trinajstić information content (AvgIpc) is 2.18. The SMILES string of the molecule is CCCC(=O)c1ccc(=O)[nH]c1CCC. The van der Waals surface area contributed by atoms with Crippen LogP contribution in [0.25, 0.3) is 0 Å². The van der Waals surface area contributed by atoms with Gasteiger partial charge < -0.3 is 4.98 Å². The highest BCUT2D eigenvalue weighted by atomic mass is 16.1. The molecule has 0 unspecified atom stereocenters. The van der Waals surface area contributed by atoms with Crippen molar-refractivity contribution in [2.45, 2.75) is 39.5 Å². The standard InChI is InChI=1S/C12H17NO2/c1-3-5-10-9(11(14)6-4-2)7-8-12(15)13-10/h7-8H,3-6H2,1-2H3,(H,13,15). The molecule has 82 valence electrons. The highest BCUT2D eigenvalue weighted by Gasteiger charge is 2.10. The molecule has 1 heterocycles. The van der Waals surface area contributed by atoms with Crippen molar-refractivity contribution in [3.63, 3.8) is 0 Å². The second-order valence-electron chi connectivity index (χ2n) is 3.64. The van der Waals surface area contributed by atoms with Gasteiger partial charge in [0.15, 0.2) is 5.78 Å². The van der Waals surface area contributed by atoms with E-state index in [9.17, 15) is 9.59 Å². The zero-order valence-electron chi connectivity index (χ0n) is 9.30. The molecule has 1 aromatic heterocycles. The highest BCUT2D eigenvalue weighted by molar-refractivity contribution is 5.96. The molecule has 0 fully saturated rings. The van der Waals surface area contributed by atoms with Crippen molar-refractivity contribution in [3.8, 4) is 0 Å². The van der Waals surface area contributed by atoms with Gasteiger partial charge in [-0.15, -0.1) is 0 Å². The summed E-state index contributed by atoms with van der Waals surface area (Å²) >= 11 is 0. The molecule has 0 aromatic carbocycles. The third-order valence-corrected chi connectivity index (χ3v) is 2.28. The Labute approximate surface area is 89.5 Å². The second-order valence-corrected chi connectivity index (χ2v) is 3.64. The van der Waals surface area contributed by atoms with E-state index in [4.69, 9.17) is 0 Å². The van der Waals surface area contributed by atoms with Crippen molar-refractivity contribution >= 4 is 5.78 Å². The van der Waals surface area contributed by atoms with Crippen molar-refractivity contribution < 1.29 is 4.79 Å². The lowest BCUT2D eigenvalue weighted by Crippen LogP contribution is -2.13. The molecule has 1 rings (SSSR count). The van der Waals surface area contributed by atoms with Crippen molar-refractivity contribution in [2.75, 3.05) is 0 Å². The van der Waals surface area contributed by atoms with Crippen LogP contribution in [0.15, 0.2) is 16.9 Å². The molecule has 0 spiro atoms. The van der Waals surface area contributed by atoms with Gasteiger partial charge in [0.25, 0.3) is 0 Å². The Morgan fingerprint density at radius 1 is 1.27 bits per heavy atom. The van der Waals surface area contributed by atoms with Crippen LogP contribution in [0.4, 0.5) is 0 Å². The maximum atomic E-state index is 11.7. The van der Waals surface area contributed by atoms with E-state index in [1.54, 1.807) is 6.07 Å². The van der Waals surface area contributed by atoms with Gasteiger partial charge in [-0.05, 0) is 18.9 Å². The predicted octanol–water partition coefficient (Wildman–Crippen LogP) is 2.31. The van der Waals surface area contributed by atoms with Crippen LogP contribution in [0, 0.1) is 0 Å². The van der Waals surface area contributed by atoms with E-state index in [0.717, 1.165) is 25.0 Å². The summed E-state index contributed by atoms with van der Waals surface area (Å²) in [6.07, 6.45) is 3.06. The van der Waals surface area contributed by atoms with Crippen molar-refractivity contribution in [2.24, 2.45) is 0 Å². The lowest BCUT2D eigenvalue weighted by Gasteiger charge is -2.06. The number of aromatic nitrogens is 1. The Kier molecular flexibility index (Phi) is 4.28. The first-order valence-corrected chi connectivity index (χ1v) is 5.44. The Morgan fingerprint density at radius 3 is 2.60 bits per heavy atom. The van der Waals surface area contributed by atoms with E-state index in [0.29, 0.717) is 12.0 Å². The van der Waals surface area contributed by atoms with Crippen LogP contribution < -0.4 is 5.56 Å². The number of hydrogen-bond donors (Lipinski definition) is 1. The van der Waals surface area contributed by atoms with E-state index in [-0.39, 0.29) is 11.3 Å². The quantitative estimate of drug-likeness (QED) is 0.753. The normalized spacial score (nSPS) is 10.3. The maximum absolute atomic E-state index is 11.7. The summed E-state index contributed by atoms with van der Waals surface area (Å²) in [5.74, 6) is 0.122. The van der Waals surface area contributed by atoms with E-state index in [2.05, 4.69) is 4.98 Å². The van der Waals surface area contributed by atoms with Crippen molar-refractivity contribution in [1.82, 2.24) is 4.98 Å². The van der Waals surface area contributed by atoms with Crippen LogP contribution in [-0.2, 0) is 6.42 Å². The molecule has 3 nitrogen and oxygen atoms in total. The molecule has 1 aromatic rings. The number of aryl methyl sites for hydroxylation is 1. The number of rotatable bonds is 5. The minimum Gasteiger partial charge on any atom is -0.325 e. The van der Waals surface area contributed by atoms with E-state index < -0.39 is 0 Å². The molecular weight excluding hydrogens is 190 g/mol. The number of pyridine rings is 1. The summed E-state index contributed by atoms with van der Waals surface area (Å²) in [6, 6.07) is 3.06. The van der Waals surface area contributed by atoms with E-state index in [1.165, 1.54) is 6.07 Å². The first-order valence-electron chi connectivity index (χ1n) is 5.44. The molecule has 0 aliphatic rings. The third kappa shape index (κ3) is 3.05. The van der Waals surface area contributed by atoms with Gasteiger partial charge in [-0.3, -0.25) is 9.59 Å². The highest BCUT2D eigenvalue weighted by Crippen LogP contribution is 2.10. The molecule has 0 aliphatic carbocycles. The first kappa shape index (κ1) is 11.7. The van der Waals surface area contributed by atoms with Gasteiger partial charge >= 0.3 is 0 Å². The number of nitrogens with one attached hydrogen (secondary N) is 1. The third-order valence-electron chi connectivity index (χ3n) is 2.28. The molecule has 0 saturated heterocycles. The molecule has 0 bridgehead atoms. The van der Waals surface area contributed by atoms with Crippen molar-refractivity contribution in [1.29, 1.82) is 0 Å². The number of carbonyl (C=O) groups excluding carboxylic acids is 1. The summed E-state index contributed by atoms with van der Waals surface area (Å²) in [7, 11) is 0. The molecule has 0 amide bonds. The van der Waals surface area contributed by atoms with Crippen LogP contribution in [0.1, 0.15) is 49.2 Å². The summed E-state index contributed by atoms with van der Waals surface area (Å²) in [5.41, 5.74) is 1.33. The maximum Gasteiger partial charge on any atom is 0.248 e. The number of hydrogen-bond acceptors (Lipinski definition) is 2. The molecule has 0 aliphatic heterocycles. The fourth-order valence-electron chi connectivity index (χ4n) is 1.59. The van der Waals surface area contributed by atoms with Gasteiger partial charge in [-0.25, -0.2) is 0 Å².